The van der Waals surface area contributed by atoms with Gasteiger partial charge < -0.3 is 14.6 Å². The molecular weight excluding hydrogens is 278 g/mol. The van der Waals surface area contributed by atoms with Crippen LogP contribution >= 0.6 is 0 Å². The lowest BCUT2D eigenvalue weighted by Gasteiger charge is -2.23. The van der Waals surface area contributed by atoms with Crippen LogP contribution in [0.15, 0.2) is 12.4 Å². The molecule has 1 saturated heterocycles. The van der Waals surface area contributed by atoms with Crippen molar-refractivity contribution >= 4 is 5.91 Å². The molecule has 0 spiro atoms. The molecule has 3 fully saturated rings. The lowest BCUT2D eigenvalue weighted by Crippen LogP contribution is -2.37. The zero-order valence-corrected chi connectivity index (χ0v) is 13.2. The molecule has 1 aromatic heterocycles. The molecule has 1 amide bonds. The summed E-state index contributed by atoms with van der Waals surface area (Å²) < 4.78 is 7.74. The number of aromatic nitrogens is 2. The van der Waals surface area contributed by atoms with E-state index in [4.69, 9.17) is 4.74 Å². The molecule has 4 rings (SSSR count). The third kappa shape index (κ3) is 2.45. The van der Waals surface area contributed by atoms with Gasteiger partial charge in [0.1, 0.15) is 11.9 Å². The Morgan fingerprint density at radius 2 is 2.32 bits per heavy atom. The van der Waals surface area contributed by atoms with E-state index in [1.807, 2.05) is 17.8 Å². The number of nitrogens with zero attached hydrogens (tertiary/aromatic N) is 2. The average molecular weight is 303 g/mol. The first kappa shape index (κ1) is 14.2. The number of rotatable bonds is 4. The standard InChI is InChI=1S/C17H25N3O2/c1-20-6-5-18-16(20)15-14(4-7-22-15)17(21)19-10-13-9-11-2-3-12(13)8-11/h5-6,11-15H,2-4,7-10H2,1H3,(H,19,21)/t11?,12?,13?,14-,15-/m1/s1. The van der Waals surface area contributed by atoms with Crippen LogP contribution in [0.4, 0.5) is 0 Å². The largest absolute Gasteiger partial charge is 0.369 e. The van der Waals surface area contributed by atoms with Crippen molar-refractivity contribution in [2.75, 3.05) is 13.2 Å². The fraction of sp³-hybridized carbons (Fsp3) is 0.765. The van der Waals surface area contributed by atoms with E-state index >= 15 is 0 Å². The monoisotopic (exact) mass is 303 g/mol. The van der Waals surface area contributed by atoms with Crippen LogP contribution < -0.4 is 5.32 Å². The molecule has 2 aliphatic carbocycles. The number of ether oxygens (including phenoxy) is 1. The molecule has 2 bridgehead atoms. The molecule has 3 unspecified atom stereocenters. The van der Waals surface area contributed by atoms with Gasteiger partial charge in [0.15, 0.2) is 0 Å². The quantitative estimate of drug-likeness (QED) is 0.926. The number of carbonyl (C=O) groups excluding carboxylic acids is 1. The van der Waals surface area contributed by atoms with Crippen molar-refractivity contribution in [3.63, 3.8) is 0 Å². The maximum atomic E-state index is 12.6. The second-order valence-corrected chi connectivity index (χ2v) is 7.26. The van der Waals surface area contributed by atoms with Crippen LogP contribution in [0.3, 0.4) is 0 Å². The molecule has 0 radical (unpaired) electrons. The van der Waals surface area contributed by atoms with Crippen LogP contribution in [0.5, 0.6) is 0 Å². The van der Waals surface area contributed by atoms with Gasteiger partial charge in [-0.2, -0.15) is 0 Å². The molecular formula is C17H25N3O2. The Labute approximate surface area is 131 Å². The maximum absolute atomic E-state index is 12.6. The number of amides is 1. The number of nitrogens with one attached hydrogen (secondary N) is 1. The number of aryl methyl sites for hydroxylation is 1. The van der Waals surface area contributed by atoms with Gasteiger partial charge in [0.2, 0.25) is 5.91 Å². The highest BCUT2D eigenvalue weighted by Gasteiger charge is 2.41. The lowest BCUT2D eigenvalue weighted by molar-refractivity contribution is -0.127. The molecule has 0 aromatic carbocycles. The molecule has 22 heavy (non-hydrogen) atoms. The Hall–Kier alpha value is -1.36. The van der Waals surface area contributed by atoms with Gasteiger partial charge in [0.25, 0.3) is 0 Å². The molecule has 120 valence electrons. The first-order chi connectivity index (χ1) is 10.7. The highest BCUT2D eigenvalue weighted by molar-refractivity contribution is 5.79. The summed E-state index contributed by atoms with van der Waals surface area (Å²) in [4.78, 5) is 17.0. The summed E-state index contributed by atoms with van der Waals surface area (Å²) in [5, 5.41) is 3.21. The number of carbonyl (C=O) groups is 1. The van der Waals surface area contributed by atoms with Gasteiger partial charge >= 0.3 is 0 Å². The summed E-state index contributed by atoms with van der Waals surface area (Å²) in [5.41, 5.74) is 0. The average Bonchev–Trinajstić information content (AvgIpc) is 3.27. The van der Waals surface area contributed by atoms with E-state index in [9.17, 15) is 4.79 Å². The topological polar surface area (TPSA) is 56.2 Å². The summed E-state index contributed by atoms with van der Waals surface area (Å²) in [5.74, 6) is 3.40. The fourth-order valence-electron chi connectivity index (χ4n) is 4.75. The summed E-state index contributed by atoms with van der Waals surface area (Å²) in [6, 6.07) is 0. The van der Waals surface area contributed by atoms with E-state index in [-0.39, 0.29) is 17.9 Å². The van der Waals surface area contributed by atoms with Gasteiger partial charge in [-0.05, 0) is 43.4 Å². The first-order valence-corrected chi connectivity index (χ1v) is 8.59. The van der Waals surface area contributed by atoms with Crippen molar-refractivity contribution in [2.45, 2.75) is 38.2 Å². The van der Waals surface area contributed by atoms with Crippen LogP contribution in [0.25, 0.3) is 0 Å². The lowest BCUT2D eigenvalue weighted by atomic mass is 9.88. The van der Waals surface area contributed by atoms with E-state index in [0.29, 0.717) is 12.5 Å². The SMILES string of the molecule is Cn1ccnc1[C@@H]1OCC[C@H]1C(=O)NCC1CC2CCC1C2. The fourth-order valence-corrected chi connectivity index (χ4v) is 4.75. The zero-order chi connectivity index (χ0) is 15.1. The van der Waals surface area contributed by atoms with E-state index < -0.39 is 0 Å². The van der Waals surface area contributed by atoms with Crippen LogP contribution in [0.1, 0.15) is 44.0 Å². The number of fused-ring (bicyclic) bond motifs is 2. The third-order valence-electron chi connectivity index (χ3n) is 5.96. The summed E-state index contributed by atoms with van der Waals surface area (Å²) in [6.45, 7) is 1.49. The minimum absolute atomic E-state index is 0.0975. The molecule has 2 heterocycles. The molecule has 3 aliphatic rings. The molecule has 1 N–H and O–H groups in total. The van der Waals surface area contributed by atoms with Crippen molar-refractivity contribution in [3.8, 4) is 0 Å². The maximum Gasteiger partial charge on any atom is 0.226 e. The highest BCUT2D eigenvalue weighted by Crippen LogP contribution is 2.48. The van der Waals surface area contributed by atoms with E-state index in [0.717, 1.165) is 30.6 Å². The van der Waals surface area contributed by atoms with Crippen LogP contribution in [0.2, 0.25) is 0 Å². The first-order valence-electron chi connectivity index (χ1n) is 8.59. The van der Waals surface area contributed by atoms with E-state index in [1.54, 1.807) is 6.20 Å². The molecule has 2 saturated carbocycles. The van der Waals surface area contributed by atoms with Gasteiger partial charge in [-0.25, -0.2) is 4.98 Å². The summed E-state index contributed by atoms with van der Waals surface area (Å²) in [7, 11) is 1.95. The van der Waals surface area contributed by atoms with E-state index in [2.05, 4.69) is 10.3 Å². The van der Waals surface area contributed by atoms with Gasteiger partial charge in [-0.15, -0.1) is 0 Å². The predicted molar refractivity (Wildman–Crippen MR) is 82.0 cm³/mol. The number of hydrogen-bond donors (Lipinski definition) is 1. The van der Waals surface area contributed by atoms with E-state index in [1.165, 1.54) is 25.7 Å². The number of imidazole rings is 1. The van der Waals surface area contributed by atoms with Crippen molar-refractivity contribution < 1.29 is 9.53 Å². The Kier molecular flexibility index (Phi) is 3.68. The van der Waals surface area contributed by atoms with Crippen LogP contribution in [-0.4, -0.2) is 28.6 Å². The highest BCUT2D eigenvalue weighted by atomic mass is 16.5. The normalized spacial score (nSPS) is 36.9. The minimum atomic E-state index is -0.194. The molecule has 5 nitrogen and oxygen atoms in total. The van der Waals surface area contributed by atoms with Crippen molar-refractivity contribution in [3.05, 3.63) is 18.2 Å². The Balaban J connectivity index is 1.36. The molecule has 1 aliphatic heterocycles. The van der Waals surface area contributed by atoms with Gasteiger partial charge in [0, 0.05) is 32.6 Å². The Bertz CT molecular complexity index is 556. The van der Waals surface area contributed by atoms with Gasteiger partial charge in [-0.3, -0.25) is 4.79 Å². The molecule has 1 aromatic rings. The van der Waals surface area contributed by atoms with Crippen molar-refractivity contribution in [2.24, 2.45) is 30.7 Å². The molecule has 5 heteroatoms. The summed E-state index contributed by atoms with van der Waals surface area (Å²) >= 11 is 0. The second-order valence-electron chi connectivity index (χ2n) is 7.26. The number of hydrogen-bond acceptors (Lipinski definition) is 3. The van der Waals surface area contributed by atoms with Gasteiger partial charge in [-0.1, -0.05) is 6.42 Å². The Morgan fingerprint density at radius 1 is 1.41 bits per heavy atom. The predicted octanol–water partition coefficient (Wildman–Crippen LogP) is 2.05. The summed E-state index contributed by atoms with van der Waals surface area (Å²) in [6.07, 6.45) is 9.75. The van der Waals surface area contributed by atoms with Crippen LogP contribution in [-0.2, 0) is 16.6 Å². The smallest absolute Gasteiger partial charge is 0.226 e. The second kappa shape index (κ2) is 5.69. The zero-order valence-electron chi connectivity index (χ0n) is 13.2. The third-order valence-corrected chi connectivity index (χ3v) is 5.96. The van der Waals surface area contributed by atoms with Crippen molar-refractivity contribution in [1.82, 2.24) is 14.9 Å². The molecule has 5 atom stereocenters. The van der Waals surface area contributed by atoms with Crippen LogP contribution in [0, 0.1) is 23.7 Å². The minimum Gasteiger partial charge on any atom is -0.369 e. The Morgan fingerprint density at radius 3 is 3.00 bits per heavy atom. The van der Waals surface area contributed by atoms with Crippen molar-refractivity contribution in [1.29, 1.82) is 0 Å². The van der Waals surface area contributed by atoms with Gasteiger partial charge in [0.05, 0.1) is 5.92 Å².